The van der Waals surface area contributed by atoms with Crippen LogP contribution in [0.25, 0.3) is 0 Å². The molecule has 0 aliphatic heterocycles. The fraction of sp³-hybridized carbons (Fsp3) is 0.765. The third kappa shape index (κ3) is 5.33. The van der Waals surface area contributed by atoms with Crippen LogP contribution < -0.4 is 5.32 Å². The topological polar surface area (TPSA) is 101 Å². The Morgan fingerprint density at radius 1 is 1.21 bits per heavy atom. The maximum Gasteiger partial charge on any atom is 0.326 e. The van der Waals surface area contributed by atoms with Gasteiger partial charge >= 0.3 is 5.97 Å². The number of carbonyl (C=O) groups excluding carboxylic acids is 1. The molecule has 0 bridgehead atoms. The van der Waals surface area contributed by atoms with Gasteiger partial charge in [-0.05, 0) is 32.1 Å². The number of nitrogens with one attached hydrogen (secondary N) is 1. The van der Waals surface area contributed by atoms with Crippen LogP contribution >= 0.6 is 0 Å². The molecule has 0 spiro atoms. The lowest BCUT2D eigenvalue weighted by molar-refractivity contribution is -0.141. The Morgan fingerprint density at radius 2 is 1.79 bits per heavy atom. The van der Waals surface area contributed by atoms with E-state index in [1.807, 2.05) is 0 Å². The molecule has 2 unspecified atom stereocenters. The van der Waals surface area contributed by atoms with E-state index in [4.69, 9.17) is 0 Å². The van der Waals surface area contributed by atoms with E-state index in [9.17, 15) is 23.1 Å². The number of carbonyl (C=O) groups is 2. The third-order valence-corrected chi connectivity index (χ3v) is 7.32. The first-order valence-electron chi connectivity index (χ1n) is 8.58. The Morgan fingerprint density at radius 3 is 2.25 bits per heavy atom. The highest BCUT2D eigenvalue weighted by Gasteiger charge is 2.41. The molecule has 1 saturated carbocycles. The number of rotatable bonds is 8. The minimum atomic E-state index is -3.64. The monoisotopic (exact) mass is 359 g/mol. The second-order valence-corrected chi connectivity index (χ2v) is 9.07. The molecule has 0 radical (unpaired) electrons. The van der Waals surface area contributed by atoms with Crippen molar-refractivity contribution in [1.82, 2.24) is 5.32 Å². The Labute approximate surface area is 144 Å². The summed E-state index contributed by atoms with van der Waals surface area (Å²) in [6, 6.07) is -1.11. The van der Waals surface area contributed by atoms with Gasteiger partial charge in [-0.3, -0.25) is 4.79 Å². The Bertz CT molecular complexity index is 562. The first-order valence-corrected chi connectivity index (χ1v) is 10.2. The molecular weight excluding hydrogens is 330 g/mol. The molecule has 1 amide bonds. The molecule has 6 nitrogen and oxygen atoms in total. The molecule has 0 aromatic carbocycles. The third-order valence-electron chi connectivity index (χ3n) is 4.46. The molecule has 1 aliphatic carbocycles. The van der Waals surface area contributed by atoms with Gasteiger partial charge in [0.1, 0.15) is 11.3 Å². The Kier molecular flexibility index (Phi) is 7.93. The lowest BCUT2D eigenvalue weighted by Crippen LogP contribution is -2.51. The number of hydrogen-bond donors (Lipinski definition) is 2. The maximum atomic E-state index is 12.9. The summed E-state index contributed by atoms with van der Waals surface area (Å²) in [4.78, 5) is 23.9. The molecule has 0 aromatic heterocycles. The zero-order chi connectivity index (χ0) is 18.3. The number of sulfone groups is 1. The molecule has 0 saturated heterocycles. The van der Waals surface area contributed by atoms with Crippen molar-refractivity contribution in [3.05, 3.63) is 12.2 Å². The highest BCUT2D eigenvalue weighted by molar-refractivity contribution is 7.93. The average Bonchev–Trinajstić information content (AvgIpc) is 2.51. The van der Waals surface area contributed by atoms with E-state index >= 15 is 0 Å². The molecule has 1 fully saturated rings. The predicted molar refractivity (Wildman–Crippen MR) is 93.4 cm³/mol. The van der Waals surface area contributed by atoms with E-state index in [1.165, 1.54) is 0 Å². The number of amides is 1. The van der Waals surface area contributed by atoms with E-state index in [0.29, 0.717) is 12.8 Å². The zero-order valence-corrected chi connectivity index (χ0v) is 15.5. The molecule has 2 atom stereocenters. The van der Waals surface area contributed by atoms with Gasteiger partial charge in [0.05, 0.1) is 5.25 Å². The van der Waals surface area contributed by atoms with Crippen LogP contribution in [0.5, 0.6) is 0 Å². The standard InChI is InChI=1S/C17H29NO5S/c1-4-5-11-14(17(20)21)18-16(19)15(12(2)3)24(22,23)13-9-7-6-8-10-13/h4-5,12-15H,6-11H2,1-3H3,(H,18,19)(H,20,21)/b5-4+. The van der Waals surface area contributed by atoms with Crippen LogP contribution in [-0.2, 0) is 19.4 Å². The first kappa shape index (κ1) is 20.7. The van der Waals surface area contributed by atoms with Crippen molar-refractivity contribution in [2.45, 2.75) is 75.8 Å². The van der Waals surface area contributed by atoms with Gasteiger partial charge in [-0.15, -0.1) is 0 Å². The molecule has 1 rings (SSSR count). The minimum Gasteiger partial charge on any atom is -0.480 e. The van der Waals surface area contributed by atoms with Crippen molar-refractivity contribution in [3.63, 3.8) is 0 Å². The van der Waals surface area contributed by atoms with Crippen LogP contribution in [0.1, 0.15) is 59.3 Å². The summed E-state index contributed by atoms with van der Waals surface area (Å²) in [7, 11) is -3.64. The van der Waals surface area contributed by atoms with Gasteiger partial charge in [0, 0.05) is 0 Å². The highest BCUT2D eigenvalue weighted by atomic mass is 32.2. The highest BCUT2D eigenvalue weighted by Crippen LogP contribution is 2.29. The van der Waals surface area contributed by atoms with E-state index in [-0.39, 0.29) is 6.42 Å². The smallest absolute Gasteiger partial charge is 0.326 e. The SMILES string of the molecule is C/C=C/CC(NC(=O)C(C(C)C)S(=O)(=O)C1CCCCC1)C(=O)O. The van der Waals surface area contributed by atoms with Crippen molar-refractivity contribution in [1.29, 1.82) is 0 Å². The molecule has 2 N–H and O–H groups in total. The van der Waals surface area contributed by atoms with Crippen LogP contribution in [-0.4, -0.2) is 41.9 Å². The van der Waals surface area contributed by atoms with Crippen LogP contribution in [0.2, 0.25) is 0 Å². The van der Waals surface area contributed by atoms with Crippen LogP contribution in [0, 0.1) is 5.92 Å². The summed E-state index contributed by atoms with van der Waals surface area (Å²) in [5.41, 5.74) is 0. The van der Waals surface area contributed by atoms with Crippen molar-refractivity contribution in [2.24, 2.45) is 5.92 Å². The summed E-state index contributed by atoms with van der Waals surface area (Å²) < 4.78 is 25.8. The Balaban J connectivity index is 2.97. The predicted octanol–water partition coefficient (Wildman–Crippen LogP) is 2.29. The number of carboxylic acid groups (broad SMARTS) is 1. The molecular formula is C17H29NO5S. The maximum absolute atomic E-state index is 12.9. The Hall–Kier alpha value is -1.37. The quantitative estimate of drug-likeness (QED) is 0.648. The molecule has 0 heterocycles. The summed E-state index contributed by atoms with van der Waals surface area (Å²) in [5.74, 6) is -2.28. The number of hydrogen-bond acceptors (Lipinski definition) is 4. The molecule has 138 valence electrons. The fourth-order valence-electron chi connectivity index (χ4n) is 3.18. The molecule has 7 heteroatoms. The zero-order valence-electron chi connectivity index (χ0n) is 14.7. The lowest BCUT2D eigenvalue weighted by atomic mass is 10.0. The van der Waals surface area contributed by atoms with Crippen molar-refractivity contribution >= 4 is 21.7 Å². The number of carboxylic acids is 1. The summed E-state index contributed by atoms with van der Waals surface area (Å²) in [5, 5.41) is 9.93. The largest absolute Gasteiger partial charge is 0.480 e. The van der Waals surface area contributed by atoms with Crippen molar-refractivity contribution in [2.75, 3.05) is 0 Å². The van der Waals surface area contributed by atoms with E-state index < -0.39 is 44.2 Å². The summed E-state index contributed by atoms with van der Waals surface area (Å²) in [6.45, 7) is 5.13. The van der Waals surface area contributed by atoms with Gasteiger partial charge in [-0.25, -0.2) is 13.2 Å². The average molecular weight is 359 g/mol. The second kappa shape index (κ2) is 9.20. The summed E-state index contributed by atoms with van der Waals surface area (Å²) in [6.07, 6.45) is 7.37. The molecule has 0 aromatic rings. The second-order valence-electron chi connectivity index (χ2n) is 6.72. The summed E-state index contributed by atoms with van der Waals surface area (Å²) >= 11 is 0. The van der Waals surface area contributed by atoms with E-state index in [0.717, 1.165) is 19.3 Å². The molecule has 24 heavy (non-hydrogen) atoms. The van der Waals surface area contributed by atoms with Gasteiger partial charge < -0.3 is 10.4 Å². The number of allylic oxidation sites excluding steroid dienone is 1. The first-order chi connectivity index (χ1) is 11.2. The van der Waals surface area contributed by atoms with Gasteiger partial charge in [-0.2, -0.15) is 0 Å². The van der Waals surface area contributed by atoms with Crippen LogP contribution in [0.15, 0.2) is 12.2 Å². The van der Waals surface area contributed by atoms with E-state index in [2.05, 4.69) is 5.32 Å². The number of aliphatic carboxylic acids is 1. The normalized spacial score (nSPS) is 19.3. The van der Waals surface area contributed by atoms with Crippen molar-refractivity contribution < 1.29 is 23.1 Å². The van der Waals surface area contributed by atoms with Crippen molar-refractivity contribution in [3.8, 4) is 0 Å². The van der Waals surface area contributed by atoms with E-state index in [1.54, 1.807) is 32.9 Å². The van der Waals surface area contributed by atoms with Gasteiger partial charge in [0.25, 0.3) is 0 Å². The molecule has 1 aliphatic rings. The van der Waals surface area contributed by atoms with Gasteiger partial charge in [-0.1, -0.05) is 45.3 Å². The lowest BCUT2D eigenvalue weighted by Gasteiger charge is -2.29. The minimum absolute atomic E-state index is 0.131. The van der Waals surface area contributed by atoms with Gasteiger partial charge in [0.2, 0.25) is 5.91 Å². The fourth-order valence-corrected chi connectivity index (χ4v) is 5.71. The van der Waals surface area contributed by atoms with Crippen LogP contribution in [0.4, 0.5) is 0 Å². The van der Waals surface area contributed by atoms with Gasteiger partial charge in [0.15, 0.2) is 9.84 Å². The van der Waals surface area contributed by atoms with Crippen LogP contribution in [0.3, 0.4) is 0 Å².